The lowest BCUT2D eigenvalue weighted by molar-refractivity contribution is -0.139. The Morgan fingerprint density at radius 3 is 2.24 bits per heavy atom. The smallest absolute Gasteiger partial charge is 0.264 e. The summed E-state index contributed by atoms with van der Waals surface area (Å²) in [5.74, 6) is -0.330. The number of carbonyl (C=O) groups is 2. The highest BCUT2D eigenvalue weighted by atomic mass is 35.5. The molecule has 0 aromatic heterocycles. The molecule has 0 bridgehead atoms. The van der Waals surface area contributed by atoms with Crippen LogP contribution in [-0.4, -0.2) is 58.0 Å². The molecule has 0 aliphatic heterocycles. The van der Waals surface area contributed by atoms with Gasteiger partial charge in [0.1, 0.15) is 24.1 Å². The van der Waals surface area contributed by atoms with E-state index in [1.807, 2.05) is 6.92 Å². The van der Waals surface area contributed by atoms with Crippen LogP contribution in [0.15, 0.2) is 65.6 Å². The first-order valence-electron chi connectivity index (χ1n) is 14.8. The lowest BCUT2D eigenvalue weighted by Crippen LogP contribution is -2.53. The van der Waals surface area contributed by atoms with Gasteiger partial charge in [-0.05, 0) is 68.7 Å². The Kier molecular flexibility index (Phi) is 11.6. The molecule has 1 aliphatic carbocycles. The topological polar surface area (TPSA) is 105 Å². The molecule has 45 heavy (non-hydrogen) atoms. The van der Waals surface area contributed by atoms with Gasteiger partial charge in [0.2, 0.25) is 11.8 Å². The van der Waals surface area contributed by atoms with E-state index in [1.165, 1.54) is 37.3 Å². The molecule has 1 N–H and O–H groups in total. The Morgan fingerprint density at radius 1 is 0.933 bits per heavy atom. The van der Waals surface area contributed by atoms with E-state index in [0.717, 1.165) is 42.0 Å². The van der Waals surface area contributed by atoms with Gasteiger partial charge >= 0.3 is 0 Å². The molecule has 1 atom stereocenters. The lowest BCUT2D eigenvalue weighted by Gasteiger charge is -2.33. The second-order valence-electron chi connectivity index (χ2n) is 11.2. The maximum Gasteiger partial charge on any atom is 0.264 e. The van der Waals surface area contributed by atoms with Crippen LogP contribution in [0.4, 0.5) is 5.69 Å². The van der Waals surface area contributed by atoms with Crippen molar-refractivity contribution < 1.29 is 27.5 Å². The summed E-state index contributed by atoms with van der Waals surface area (Å²) >= 11 is 12.4. The van der Waals surface area contributed by atoms with Crippen LogP contribution in [0.2, 0.25) is 10.0 Å². The Labute approximate surface area is 275 Å². The number of nitrogens with one attached hydrogen (secondary N) is 1. The average molecular weight is 677 g/mol. The minimum absolute atomic E-state index is 0.00936. The van der Waals surface area contributed by atoms with Crippen LogP contribution in [0.3, 0.4) is 0 Å². The van der Waals surface area contributed by atoms with Crippen molar-refractivity contribution in [2.45, 2.75) is 69.5 Å². The van der Waals surface area contributed by atoms with E-state index in [4.69, 9.17) is 32.7 Å². The predicted octanol–water partition coefficient (Wildman–Crippen LogP) is 6.38. The van der Waals surface area contributed by atoms with E-state index < -0.39 is 28.5 Å². The van der Waals surface area contributed by atoms with Crippen molar-refractivity contribution in [2.24, 2.45) is 0 Å². The zero-order valence-corrected chi connectivity index (χ0v) is 28.2. The van der Waals surface area contributed by atoms with Crippen molar-refractivity contribution in [2.75, 3.05) is 25.1 Å². The number of halogens is 2. The molecule has 0 spiro atoms. The maximum atomic E-state index is 14.3. The summed E-state index contributed by atoms with van der Waals surface area (Å²) < 4.78 is 40.4. The van der Waals surface area contributed by atoms with Gasteiger partial charge < -0.3 is 19.7 Å². The van der Waals surface area contributed by atoms with Crippen LogP contribution in [0.25, 0.3) is 0 Å². The molecule has 0 heterocycles. The number of aryl methyl sites for hydroxylation is 1. The predicted molar refractivity (Wildman–Crippen MR) is 177 cm³/mol. The van der Waals surface area contributed by atoms with Gasteiger partial charge in [0.15, 0.2) is 0 Å². The third-order valence-electron chi connectivity index (χ3n) is 8.00. The van der Waals surface area contributed by atoms with E-state index in [9.17, 15) is 18.0 Å². The molecule has 0 saturated heterocycles. The quantitative estimate of drug-likeness (QED) is 0.239. The fourth-order valence-electron chi connectivity index (χ4n) is 5.33. The number of hydrogen-bond donors (Lipinski definition) is 1. The summed E-state index contributed by atoms with van der Waals surface area (Å²) in [6.07, 6.45) is 4.93. The van der Waals surface area contributed by atoms with Gasteiger partial charge in [-0.3, -0.25) is 13.9 Å². The number of amides is 2. The maximum absolute atomic E-state index is 14.3. The fraction of sp³-hybridized carbons (Fsp3) is 0.394. The average Bonchev–Trinajstić information content (AvgIpc) is 3.04. The van der Waals surface area contributed by atoms with Crippen molar-refractivity contribution in [3.8, 4) is 11.5 Å². The largest absolute Gasteiger partial charge is 0.497 e. The molecule has 1 fully saturated rings. The summed E-state index contributed by atoms with van der Waals surface area (Å²) in [5.41, 5.74) is 1.61. The van der Waals surface area contributed by atoms with Gasteiger partial charge in [0.05, 0.1) is 34.8 Å². The molecule has 1 aliphatic rings. The first-order chi connectivity index (χ1) is 21.4. The molecule has 3 aromatic rings. The van der Waals surface area contributed by atoms with Gasteiger partial charge in [0, 0.05) is 18.7 Å². The number of sulfonamides is 1. The standard InChI is InChI=1S/C33H39Cl2N3O6S/c1-22-10-14-27(15-11-22)45(41,42)38(30-19-26(43-3)13-17-31(30)44-4)21-32(39)37(20-24-12-16-28(34)29(35)18-24)23(2)33(40)36-25-8-6-5-7-9-25/h10-19,23,25H,5-9,20-21H2,1-4H3,(H,36,40)/t23-/m1/s1. The number of methoxy groups -OCH3 is 2. The molecule has 12 heteroatoms. The minimum Gasteiger partial charge on any atom is -0.497 e. The number of hydrogen-bond acceptors (Lipinski definition) is 6. The van der Waals surface area contributed by atoms with Gasteiger partial charge in [-0.25, -0.2) is 8.42 Å². The number of anilines is 1. The van der Waals surface area contributed by atoms with Crippen LogP contribution < -0.4 is 19.1 Å². The lowest BCUT2D eigenvalue weighted by atomic mass is 9.95. The van der Waals surface area contributed by atoms with Gasteiger partial charge in [-0.15, -0.1) is 0 Å². The van der Waals surface area contributed by atoms with E-state index in [0.29, 0.717) is 21.4 Å². The molecule has 9 nitrogen and oxygen atoms in total. The van der Waals surface area contributed by atoms with E-state index in [1.54, 1.807) is 49.4 Å². The van der Waals surface area contributed by atoms with Crippen LogP contribution >= 0.6 is 23.2 Å². The highest BCUT2D eigenvalue weighted by Gasteiger charge is 2.34. The van der Waals surface area contributed by atoms with E-state index in [-0.39, 0.29) is 34.8 Å². The second kappa shape index (κ2) is 15.2. The van der Waals surface area contributed by atoms with E-state index >= 15 is 0 Å². The monoisotopic (exact) mass is 675 g/mol. The fourth-order valence-corrected chi connectivity index (χ4v) is 7.07. The summed E-state index contributed by atoms with van der Waals surface area (Å²) in [7, 11) is -1.43. The Bertz CT molecular complexity index is 1610. The van der Waals surface area contributed by atoms with E-state index in [2.05, 4.69) is 5.32 Å². The SMILES string of the molecule is COc1ccc(OC)c(N(CC(=O)N(Cc2ccc(Cl)c(Cl)c2)[C@H](C)C(=O)NC2CCCCC2)S(=O)(=O)c2ccc(C)cc2)c1. The first kappa shape index (κ1) is 34.4. The van der Waals surface area contributed by atoms with Crippen molar-refractivity contribution >= 4 is 50.7 Å². The van der Waals surface area contributed by atoms with Crippen LogP contribution in [0, 0.1) is 6.92 Å². The molecule has 4 rings (SSSR count). The number of benzene rings is 3. The summed E-state index contributed by atoms with van der Waals surface area (Å²) in [4.78, 5) is 29.2. The molecule has 0 radical (unpaired) electrons. The van der Waals surface area contributed by atoms with Crippen molar-refractivity contribution in [1.82, 2.24) is 10.2 Å². The minimum atomic E-state index is -4.30. The van der Waals surface area contributed by atoms with Crippen LogP contribution in [0.5, 0.6) is 11.5 Å². The van der Waals surface area contributed by atoms with Crippen molar-refractivity contribution in [1.29, 1.82) is 0 Å². The molecule has 0 unspecified atom stereocenters. The van der Waals surface area contributed by atoms with Crippen LogP contribution in [-0.2, 0) is 26.2 Å². The highest BCUT2D eigenvalue weighted by Crippen LogP contribution is 2.36. The molecule has 1 saturated carbocycles. The van der Waals surface area contributed by atoms with Gasteiger partial charge in [-0.1, -0.05) is 66.2 Å². The Hall–Kier alpha value is -3.47. The van der Waals surface area contributed by atoms with Crippen molar-refractivity contribution in [3.05, 3.63) is 81.8 Å². The number of carbonyl (C=O) groups excluding carboxylic acids is 2. The summed E-state index contributed by atoms with van der Waals surface area (Å²) in [5, 5.41) is 3.74. The molecule has 242 valence electrons. The Balaban J connectivity index is 1.76. The first-order valence-corrected chi connectivity index (χ1v) is 17.0. The third-order valence-corrected chi connectivity index (χ3v) is 10.5. The van der Waals surface area contributed by atoms with Gasteiger partial charge in [0.25, 0.3) is 10.0 Å². The summed E-state index contributed by atoms with van der Waals surface area (Å²) in [6, 6.07) is 15.1. The summed E-state index contributed by atoms with van der Waals surface area (Å²) in [6.45, 7) is 2.85. The molecular weight excluding hydrogens is 637 g/mol. The number of ether oxygens (including phenoxy) is 2. The molecule has 2 amide bonds. The van der Waals surface area contributed by atoms with Gasteiger partial charge in [-0.2, -0.15) is 0 Å². The molecular formula is C33H39Cl2N3O6S. The highest BCUT2D eigenvalue weighted by molar-refractivity contribution is 7.92. The normalized spacial score (nSPS) is 14.4. The Morgan fingerprint density at radius 2 is 1.62 bits per heavy atom. The number of nitrogens with zero attached hydrogens (tertiary/aromatic N) is 2. The zero-order valence-electron chi connectivity index (χ0n) is 25.9. The number of rotatable bonds is 12. The zero-order chi connectivity index (χ0) is 32.7. The third kappa shape index (κ3) is 8.42. The van der Waals surface area contributed by atoms with Crippen molar-refractivity contribution in [3.63, 3.8) is 0 Å². The van der Waals surface area contributed by atoms with Crippen LogP contribution in [0.1, 0.15) is 50.2 Å². The molecule has 3 aromatic carbocycles. The second-order valence-corrected chi connectivity index (χ2v) is 13.8.